The zero-order valence-corrected chi connectivity index (χ0v) is 11.7. The summed E-state index contributed by atoms with van der Waals surface area (Å²) in [4.78, 5) is 0. The standard InChI is InChI=1S/C14H20S2/c1-3-13-11(2)9-14(16-13)15-10-12-7-5-4-6-8-12/h4-8,11,13-14H,3,9-10H2,1-2H3/t11-,13+,14?/m0/s1. The number of rotatable bonds is 4. The molecule has 0 N–H and O–H groups in total. The van der Waals surface area contributed by atoms with E-state index in [0.29, 0.717) is 0 Å². The molecule has 0 aliphatic carbocycles. The van der Waals surface area contributed by atoms with E-state index in [1.54, 1.807) is 0 Å². The number of thioether (sulfide) groups is 2. The molecule has 1 saturated heterocycles. The van der Waals surface area contributed by atoms with Crippen molar-refractivity contribution in [1.82, 2.24) is 0 Å². The van der Waals surface area contributed by atoms with E-state index in [0.717, 1.165) is 15.7 Å². The average molecular weight is 252 g/mol. The molecule has 2 rings (SSSR count). The lowest BCUT2D eigenvalue weighted by atomic mass is 10.0. The molecular formula is C14H20S2. The highest BCUT2D eigenvalue weighted by Gasteiger charge is 2.30. The second-order valence-electron chi connectivity index (χ2n) is 4.52. The first-order valence-corrected chi connectivity index (χ1v) is 8.09. The summed E-state index contributed by atoms with van der Waals surface area (Å²) in [5, 5.41) is 0.897. The van der Waals surface area contributed by atoms with Crippen LogP contribution in [-0.2, 0) is 5.75 Å². The largest absolute Gasteiger partial charge is 0.144 e. The first-order chi connectivity index (χ1) is 7.79. The molecular weight excluding hydrogens is 232 g/mol. The van der Waals surface area contributed by atoms with Gasteiger partial charge in [-0.3, -0.25) is 0 Å². The Balaban J connectivity index is 1.80. The Morgan fingerprint density at radius 1 is 1.31 bits per heavy atom. The van der Waals surface area contributed by atoms with Crippen LogP contribution in [0.5, 0.6) is 0 Å². The van der Waals surface area contributed by atoms with E-state index in [1.165, 1.54) is 24.2 Å². The van der Waals surface area contributed by atoms with Crippen molar-refractivity contribution in [2.45, 2.75) is 42.3 Å². The topological polar surface area (TPSA) is 0 Å². The Hall–Kier alpha value is -0.0800. The van der Waals surface area contributed by atoms with Gasteiger partial charge in [-0.25, -0.2) is 0 Å². The van der Waals surface area contributed by atoms with E-state index in [2.05, 4.69) is 67.7 Å². The summed E-state index contributed by atoms with van der Waals surface area (Å²) in [5.41, 5.74) is 1.46. The number of hydrogen-bond acceptors (Lipinski definition) is 2. The number of hydrogen-bond donors (Lipinski definition) is 0. The molecule has 16 heavy (non-hydrogen) atoms. The van der Waals surface area contributed by atoms with Crippen LogP contribution in [0.2, 0.25) is 0 Å². The van der Waals surface area contributed by atoms with Gasteiger partial charge in [0, 0.05) is 11.0 Å². The van der Waals surface area contributed by atoms with Gasteiger partial charge >= 0.3 is 0 Å². The summed E-state index contributed by atoms with van der Waals surface area (Å²) < 4.78 is 0.820. The molecule has 88 valence electrons. The molecule has 1 aliphatic rings. The SMILES string of the molecule is CC[C@H]1SC(SCc2ccccc2)C[C@@H]1C. The number of benzene rings is 1. The second kappa shape index (κ2) is 6.02. The van der Waals surface area contributed by atoms with Crippen LogP contribution in [0.3, 0.4) is 0 Å². The van der Waals surface area contributed by atoms with Gasteiger partial charge < -0.3 is 0 Å². The van der Waals surface area contributed by atoms with Crippen molar-refractivity contribution < 1.29 is 0 Å². The molecule has 1 aromatic rings. The van der Waals surface area contributed by atoms with Gasteiger partial charge in [-0.2, -0.15) is 0 Å². The van der Waals surface area contributed by atoms with Crippen LogP contribution >= 0.6 is 23.5 Å². The molecule has 1 heterocycles. The van der Waals surface area contributed by atoms with Crippen molar-refractivity contribution in [3.8, 4) is 0 Å². The van der Waals surface area contributed by atoms with Crippen molar-refractivity contribution >= 4 is 23.5 Å². The van der Waals surface area contributed by atoms with Crippen molar-refractivity contribution in [3.63, 3.8) is 0 Å². The van der Waals surface area contributed by atoms with Gasteiger partial charge in [0.1, 0.15) is 0 Å². The van der Waals surface area contributed by atoms with E-state index in [4.69, 9.17) is 0 Å². The third-order valence-corrected chi connectivity index (χ3v) is 6.66. The third kappa shape index (κ3) is 3.21. The van der Waals surface area contributed by atoms with Gasteiger partial charge in [0.05, 0.1) is 4.58 Å². The lowest BCUT2D eigenvalue weighted by molar-refractivity contribution is 0.549. The summed E-state index contributed by atoms with van der Waals surface area (Å²) in [7, 11) is 0. The summed E-state index contributed by atoms with van der Waals surface area (Å²) >= 11 is 4.32. The maximum absolute atomic E-state index is 2.41. The van der Waals surface area contributed by atoms with Gasteiger partial charge in [-0.15, -0.1) is 23.5 Å². The summed E-state index contributed by atoms with van der Waals surface area (Å²) in [6.07, 6.45) is 2.72. The van der Waals surface area contributed by atoms with Crippen molar-refractivity contribution in [3.05, 3.63) is 35.9 Å². The van der Waals surface area contributed by atoms with Gasteiger partial charge in [-0.1, -0.05) is 44.2 Å². The zero-order valence-electron chi connectivity index (χ0n) is 10.1. The molecule has 0 radical (unpaired) electrons. The minimum atomic E-state index is 0.820. The molecule has 0 aromatic heterocycles. The van der Waals surface area contributed by atoms with E-state index in [-0.39, 0.29) is 0 Å². The fourth-order valence-electron chi connectivity index (χ4n) is 2.21. The van der Waals surface area contributed by atoms with Crippen LogP contribution in [-0.4, -0.2) is 9.83 Å². The monoisotopic (exact) mass is 252 g/mol. The maximum atomic E-state index is 2.41. The molecule has 1 aliphatic heterocycles. The van der Waals surface area contributed by atoms with Crippen molar-refractivity contribution in [2.75, 3.05) is 0 Å². The molecule has 0 saturated carbocycles. The summed E-state index contributed by atoms with van der Waals surface area (Å²) in [6, 6.07) is 10.8. The molecule has 2 heteroatoms. The fourth-order valence-corrected chi connectivity index (χ4v) is 5.54. The minimum absolute atomic E-state index is 0.820. The lowest BCUT2D eigenvalue weighted by Crippen LogP contribution is -2.04. The average Bonchev–Trinajstić information content (AvgIpc) is 2.69. The Morgan fingerprint density at radius 2 is 2.06 bits per heavy atom. The molecule has 1 aromatic carbocycles. The van der Waals surface area contributed by atoms with Crippen LogP contribution in [0.25, 0.3) is 0 Å². The van der Waals surface area contributed by atoms with E-state index >= 15 is 0 Å². The van der Waals surface area contributed by atoms with E-state index in [9.17, 15) is 0 Å². The molecule has 0 spiro atoms. The molecule has 0 bridgehead atoms. The van der Waals surface area contributed by atoms with Crippen LogP contribution in [0.4, 0.5) is 0 Å². The van der Waals surface area contributed by atoms with Crippen LogP contribution in [0.15, 0.2) is 30.3 Å². The van der Waals surface area contributed by atoms with E-state index < -0.39 is 0 Å². The van der Waals surface area contributed by atoms with Crippen LogP contribution < -0.4 is 0 Å². The highest BCUT2D eigenvalue weighted by Crippen LogP contribution is 2.45. The van der Waals surface area contributed by atoms with Gasteiger partial charge in [0.25, 0.3) is 0 Å². The van der Waals surface area contributed by atoms with Crippen LogP contribution in [0, 0.1) is 5.92 Å². The fraction of sp³-hybridized carbons (Fsp3) is 0.571. The minimum Gasteiger partial charge on any atom is -0.144 e. The maximum Gasteiger partial charge on any atom is 0.0511 e. The molecule has 0 amide bonds. The lowest BCUT2D eigenvalue weighted by Gasteiger charge is -2.10. The van der Waals surface area contributed by atoms with Gasteiger partial charge in [0.2, 0.25) is 0 Å². The first kappa shape index (κ1) is 12.4. The van der Waals surface area contributed by atoms with Crippen molar-refractivity contribution in [1.29, 1.82) is 0 Å². The predicted octanol–water partition coefficient (Wildman–Crippen LogP) is 4.80. The summed E-state index contributed by atoms with van der Waals surface area (Å²) in [6.45, 7) is 4.72. The summed E-state index contributed by atoms with van der Waals surface area (Å²) in [5.74, 6) is 2.07. The third-order valence-electron chi connectivity index (χ3n) is 3.21. The molecule has 1 unspecified atom stereocenters. The Bertz CT molecular complexity index is 310. The predicted molar refractivity (Wildman–Crippen MR) is 77.0 cm³/mol. The molecule has 3 atom stereocenters. The highest BCUT2D eigenvalue weighted by atomic mass is 32.2. The molecule has 0 nitrogen and oxygen atoms in total. The smallest absolute Gasteiger partial charge is 0.0511 e. The van der Waals surface area contributed by atoms with Gasteiger partial charge in [0.15, 0.2) is 0 Å². The van der Waals surface area contributed by atoms with Gasteiger partial charge in [-0.05, 0) is 24.3 Å². The first-order valence-electron chi connectivity index (χ1n) is 6.10. The quantitative estimate of drug-likeness (QED) is 0.755. The zero-order chi connectivity index (χ0) is 11.4. The normalized spacial score (nSPS) is 29.5. The second-order valence-corrected chi connectivity index (χ2v) is 7.46. The Kier molecular flexibility index (Phi) is 4.66. The Morgan fingerprint density at radius 3 is 2.69 bits per heavy atom. The Labute approximate surface area is 108 Å². The van der Waals surface area contributed by atoms with E-state index in [1.807, 2.05) is 0 Å². The highest BCUT2D eigenvalue weighted by molar-refractivity contribution is 8.17. The van der Waals surface area contributed by atoms with Crippen molar-refractivity contribution in [2.24, 2.45) is 5.92 Å². The molecule has 1 fully saturated rings. The van der Waals surface area contributed by atoms with Crippen LogP contribution in [0.1, 0.15) is 32.3 Å².